The van der Waals surface area contributed by atoms with Crippen LogP contribution in [-0.4, -0.2) is 23.7 Å². The highest BCUT2D eigenvalue weighted by molar-refractivity contribution is 6.39. The van der Waals surface area contributed by atoms with Gasteiger partial charge in [0.05, 0.1) is 0 Å². The molecule has 0 aromatic carbocycles. The minimum absolute atomic E-state index is 0.0441. The second-order valence-electron chi connectivity index (χ2n) is 2.54. The largest absolute Gasteiger partial charge is 0.410 e. The summed E-state index contributed by atoms with van der Waals surface area (Å²) in [6.07, 6.45) is -4.69. The number of hydrogen-bond donors (Lipinski definition) is 1. The number of Topliss-reactive ketones (excluding diaryl/α,β-unsaturated/α-hetero) is 1. The lowest BCUT2D eigenvalue weighted by atomic mass is 10.1. The van der Waals surface area contributed by atoms with Crippen molar-refractivity contribution in [3.8, 4) is 0 Å². The highest BCUT2D eigenvalue weighted by Gasteiger charge is 2.43. The third kappa shape index (κ3) is 1.75. The first kappa shape index (κ1) is 9.02. The van der Waals surface area contributed by atoms with Crippen molar-refractivity contribution in [1.82, 2.24) is 5.43 Å². The van der Waals surface area contributed by atoms with Gasteiger partial charge in [0.25, 0.3) is 0 Å². The lowest BCUT2D eigenvalue weighted by molar-refractivity contribution is -0.152. The molecular weight excluding hydrogens is 173 g/mol. The van der Waals surface area contributed by atoms with Crippen LogP contribution in [0.3, 0.4) is 0 Å². The van der Waals surface area contributed by atoms with Crippen LogP contribution >= 0.6 is 0 Å². The van der Waals surface area contributed by atoms with Gasteiger partial charge in [0.15, 0.2) is 5.78 Å². The van der Waals surface area contributed by atoms with Crippen molar-refractivity contribution in [3.05, 3.63) is 0 Å². The summed E-state index contributed by atoms with van der Waals surface area (Å²) < 4.78 is 35.9. The quantitative estimate of drug-likeness (QED) is 0.650. The van der Waals surface area contributed by atoms with Crippen molar-refractivity contribution in [1.29, 1.82) is 0 Å². The lowest BCUT2D eigenvalue weighted by Gasteiger charge is -2.12. The Hall–Kier alpha value is -1.07. The Morgan fingerprint density at radius 3 is 2.50 bits per heavy atom. The fourth-order valence-electron chi connectivity index (χ4n) is 0.852. The van der Waals surface area contributed by atoms with Gasteiger partial charge in [-0.25, -0.2) is 0 Å². The molecule has 12 heavy (non-hydrogen) atoms. The van der Waals surface area contributed by atoms with E-state index in [4.69, 9.17) is 0 Å². The van der Waals surface area contributed by atoms with Crippen LogP contribution < -0.4 is 5.43 Å². The van der Waals surface area contributed by atoms with Crippen LogP contribution in [0.5, 0.6) is 0 Å². The van der Waals surface area contributed by atoms with Gasteiger partial charge in [0.1, 0.15) is 11.8 Å². The predicted molar refractivity (Wildman–Crippen MR) is 35.7 cm³/mol. The number of hydrazone groups is 1. The first-order valence-corrected chi connectivity index (χ1v) is 3.31. The molecule has 1 rings (SSSR count). The molecule has 0 saturated heterocycles. The van der Waals surface area contributed by atoms with Gasteiger partial charge in [-0.2, -0.15) is 18.3 Å². The van der Waals surface area contributed by atoms with E-state index in [1.807, 2.05) is 5.43 Å². The molecule has 1 aliphatic rings. The van der Waals surface area contributed by atoms with Crippen LogP contribution in [0, 0.1) is 0 Å². The van der Waals surface area contributed by atoms with E-state index in [1.165, 1.54) is 6.92 Å². The molecule has 0 saturated carbocycles. The van der Waals surface area contributed by atoms with Crippen LogP contribution in [0.2, 0.25) is 0 Å². The van der Waals surface area contributed by atoms with Crippen molar-refractivity contribution in [2.75, 3.05) is 0 Å². The summed E-state index contributed by atoms with van der Waals surface area (Å²) in [4.78, 5) is 10.6. The number of halogens is 3. The van der Waals surface area contributed by atoms with Crippen LogP contribution in [0.1, 0.15) is 13.3 Å². The highest BCUT2D eigenvalue weighted by atomic mass is 19.4. The van der Waals surface area contributed by atoms with Gasteiger partial charge >= 0.3 is 6.18 Å². The molecule has 3 nitrogen and oxygen atoms in total. The van der Waals surface area contributed by atoms with Gasteiger partial charge in [-0.15, -0.1) is 0 Å². The van der Waals surface area contributed by atoms with E-state index in [2.05, 4.69) is 5.10 Å². The SMILES string of the molecule is CC(=O)C1=NNC(C(F)(F)F)C1. The Morgan fingerprint density at radius 1 is 1.67 bits per heavy atom. The van der Waals surface area contributed by atoms with Gasteiger partial charge in [0.2, 0.25) is 0 Å². The van der Waals surface area contributed by atoms with E-state index in [9.17, 15) is 18.0 Å². The fourth-order valence-corrected chi connectivity index (χ4v) is 0.852. The van der Waals surface area contributed by atoms with Gasteiger partial charge in [-0.1, -0.05) is 0 Å². The summed E-state index contributed by atoms with van der Waals surface area (Å²) in [5.74, 6) is -0.422. The van der Waals surface area contributed by atoms with E-state index in [0.29, 0.717) is 0 Å². The van der Waals surface area contributed by atoms with Gasteiger partial charge in [-0.3, -0.25) is 10.2 Å². The molecule has 68 valence electrons. The summed E-state index contributed by atoms with van der Waals surface area (Å²) >= 11 is 0. The average Bonchev–Trinajstić information content (AvgIpc) is 2.30. The van der Waals surface area contributed by atoms with E-state index in [1.54, 1.807) is 0 Å². The second-order valence-corrected chi connectivity index (χ2v) is 2.54. The van der Waals surface area contributed by atoms with Gasteiger partial charge < -0.3 is 0 Å². The molecule has 0 spiro atoms. The molecule has 1 heterocycles. The Labute approximate surface area is 66.6 Å². The molecule has 1 N–H and O–H groups in total. The predicted octanol–water partition coefficient (Wildman–Crippen LogP) is 0.856. The number of ketones is 1. The number of carbonyl (C=O) groups excluding carboxylic acids is 1. The first-order chi connectivity index (χ1) is 5.41. The average molecular weight is 180 g/mol. The third-order valence-corrected chi connectivity index (χ3v) is 1.55. The summed E-state index contributed by atoms with van der Waals surface area (Å²) in [7, 11) is 0. The van der Waals surface area contributed by atoms with Crippen LogP contribution in [0.25, 0.3) is 0 Å². The summed E-state index contributed by atoms with van der Waals surface area (Å²) in [5, 5.41) is 3.28. The molecule has 0 fully saturated rings. The molecule has 0 radical (unpaired) electrons. The lowest BCUT2D eigenvalue weighted by Crippen LogP contribution is -2.36. The Balaban J connectivity index is 2.59. The molecule has 0 aromatic heterocycles. The van der Waals surface area contributed by atoms with Crippen LogP contribution in [0.15, 0.2) is 5.10 Å². The van der Waals surface area contributed by atoms with Crippen molar-refractivity contribution in [3.63, 3.8) is 0 Å². The molecule has 0 aromatic rings. The van der Waals surface area contributed by atoms with Crippen molar-refractivity contribution in [2.24, 2.45) is 5.10 Å². The van der Waals surface area contributed by atoms with E-state index < -0.39 is 18.0 Å². The summed E-state index contributed by atoms with van der Waals surface area (Å²) in [6, 6.07) is -1.70. The summed E-state index contributed by atoms with van der Waals surface area (Å²) in [6.45, 7) is 1.19. The maximum atomic E-state index is 12.0. The Kier molecular flexibility index (Phi) is 2.08. The topological polar surface area (TPSA) is 41.5 Å². The number of alkyl halides is 3. The van der Waals surface area contributed by atoms with Crippen molar-refractivity contribution in [2.45, 2.75) is 25.6 Å². The standard InChI is InChI=1S/C6H7F3N2O/c1-3(12)4-2-5(11-10-4)6(7,8)9/h5,11H,2H2,1H3. The minimum atomic E-state index is -4.33. The number of nitrogens with one attached hydrogen (secondary N) is 1. The summed E-state index contributed by atoms with van der Waals surface area (Å²) in [5.41, 5.74) is 1.83. The molecule has 0 bridgehead atoms. The molecule has 1 unspecified atom stereocenters. The van der Waals surface area contributed by atoms with Crippen LogP contribution in [-0.2, 0) is 4.79 Å². The van der Waals surface area contributed by atoms with Crippen molar-refractivity contribution >= 4 is 11.5 Å². The molecule has 0 aliphatic carbocycles. The Morgan fingerprint density at radius 2 is 2.25 bits per heavy atom. The number of hydrogen-bond acceptors (Lipinski definition) is 3. The van der Waals surface area contributed by atoms with Gasteiger partial charge in [0, 0.05) is 13.3 Å². The third-order valence-electron chi connectivity index (χ3n) is 1.55. The molecule has 1 atom stereocenters. The maximum Gasteiger partial charge on any atom is 0.410 e. The highest BCUT2D eigenvalue weighted by Crippen LogP contribution is 2.25. The molecular formula is C6H7F3N2O. The number of nitrogens with zero attached hydrogens (tertiary/aromatic N) is 1. The monoisotopic (exact) mass is 180 g/mol. The Bertz CT molecular complexity index is 233. The zero-order valence-corrected chi connectivity index (χ0v) is 6.27. The van der Waals surface area contributed by atoms with Gasteiger partial charge in [-0.05, 0) is 0 Å². The minimum Gasteiger partial charge on any atom is -0.297 e. The zero-order valence-electron chi connectivity index (χ0n) is 6.27. The number of carbonyl (C=O) groups is 1. The van der Waals surface area contributed by atoms with Crippen LogP contribution in [0.4, 0.5) is 13.2 Å². The first-order valence-electron chi connectivity index (χ1n) is 3.31. The molecule has 6 heteroatoms. The zero-order chi connectivity index (χ0) is 9.35. The number of rotatable bonds is 1. The van der Waals surface area contributed by atoms with E-state index >= 15 is 0 Å². The fraction of sp³-hybridized carbons (Fsp3) is 0.667. The molecule has 1 aliphatic heterocycles. The maximum absolute atomic E-state index is 12.0. The molecule has 0 amide bonds. The normalized spacial score (nSPS) is 23.3. The second kappa shape index (κ2) is 2.76. The van der Waals surface area contributed by atoms with Crippen molar-refractivity contribution < 1.29 is 18.0 Å². The smallest absolute Gasteiger partial charge is 0.297 e. The van der Waals surface area contributed by atoms with E-state index in [0.717, 1.165) is 0 Å². The van der Waals surface area contributed by atoms with E-state index in [-0.39, 0.29) is 12.1 Å².